The highest BCUT2D eigenvalue weighted by atomic mass is 16.7. The molecular formula is C28H25N5O5. The number of fused-ring (bicyclic) bond motifs is 1. The molecule has 0 radical (unpaired) electrons. The van der Waals surface area contributed by atoms with E-state index in [0.717, 1.165) is 35.8 Å². The highest BCUT2D eigenvalue weighted by molar-refractivity contribution is 6.05. The van der Waals surface area contributed by atoms with Gasteiger partial charge in [0.15, 0.2) is 6.29 Å². The number of carbonyl (C=O) groups is 2. The number of aromatic nitrogens is 1. The molecule has 0 spiro atoms. The zero-order valence-electron chi connectivity index (χ0n) is 20.4. The lowest BCUT2D eigenvalue weighted by atomic mass is 10.0. The summed E-state index contributed by atoms with van der Waals surface area (Å²) in [7, 11) is 0. The molecule has 38 heavy (non-hydrogen) atoms. The van der Waals surface area contributed by atoms with Gasteiger partial charge in [0.1, 0.15) is 12.4 Å². The van der Waals surface area contributed by atoms with Gasteiger partial charge in [0.05, 0.1) is 17.2 Å². The van der Waals surface area contributed by atoms with E-state index < -0.39 is 4.92 Å². The molecule has 1 fully saturated rings. The number of nitro benzene ring substituents is 1. The van der Waals surface area contributed by atoms with E-state index in [1.54, 1.807) is 30.5 Å². The summed E-state index contributed by atoms with van der Waals surface area (Å²) in [6.45, 7) is 0.549. The first-order chi connectivity index (χ1) is 18.4. The number of pyridine rings is 1. The predicted octanol–water partition coefficient (Wildman–Crippen LogP) is 4.62. The number of rotatable bonds is 9. The number of aliphatic imine (C=N–C) groups is 1. The minimum Gasteiger partial charge on any atom is -0.387 e. The summed E-state index contributed by atoms with van der Waals surface area (Å²) in [4.78, 5) is 49.7. The highest BCUT2D eigenvalue weighted by Gasteiger charge is 2.30. The monoisotopic (exact) mass is 511 g/mol. The van der Waals surface area contributed by atoms with Crippen molar-refractivity contribution in [2.24, 2.45) is 16.6 Å². The Kier molecular flexibility index (Phi) is 7.05. The van der Waals surface area contributed by atoms with Crippen molar-refractivity contribution >= 4 is 35.5 Å². The highest BCUT2D eigenvalue weighted by Crippen LogP contribution is 2.34. The van der Waals surface area contributed by atoms with Crippen molar-refractivity contribution in [2.45, 2.75) is 25.9 Å². The van der Waals surface area contributed by atoms with Gasteiger partial charge >= 0.3 is 0 Å². The molecule has 0 unspecified atom stereocenters. The third-order valence-corrected chi connectivity index (χ3v) is 6.38. The average molecular weight is 512 g/mol. The number of hydrogen-bond acceptors (Lipinski definition) is 8. The fourth-order valence-corrected chi connectivity index (χ4v) is 4.14. The van der Waals surface area contributed by atoms with Gasteiger partial charge in [-0.1, -0.05) is 12.1 Å². The Morgan fingerprint density at radius 1 is 1.13 bits per heavy atom. The van der Waals surface area contributed by atoms with Crippen LogP contribution in [-0.4, -0.2) is 39.5 Å². The minimum absolute atomic E-state index is 0.00688. The van der Waals surface area contributed by atoms with Crippen molar-refractivity contribution in [3.63, 3.8) is 0 Å². The molecule has 1 saturated carbocycles. The fraction of sp³-hybridized carbons (Fsp3) is 0.214. The van der Waals surface area contributed by atoms with E-state index in [9.17, 15) is 19.7 Å². The van der Waals surface area contributed by atoms with Crippen LogP contribution >= 0.6 is 0 Å². The molecule has 2 aliphatic rings. The zero-order valence-corrected chi connectivity index (χ0v) is 20.4. The molecule has 0 bridgehead atoms. The number of nitrogens with zero attached hydrogens (tertiary/aromatic N) is 4. The number of amides is 1. The molecule has 1 amide bonds. The van der Waals surface area contributed by atoms with Crippen molar-refractivity contribution in [1.82, 2.24) is 10.0 Å². The van der Waals surface area contributed by atoms with E-state index in [2.05, 4.69) is 9.98 Å². The quantitative estimate of drug-likeness (QED) is 0.251. The topological polar surface area (TPSA) is 141 Å². The summed E-state index contributed by atoms with van der Waals surface area (Å²) < 4.78 is 0. The van der Waals surface area contributed by atoms with Crippen molar-refractivity contribution in [2.75, 3.05) is 6.54 Å². The smallest absolute Gasteiger partial charge is 0.273 e. The zero-order chi connectivity index (χ0) is 26.6. The number of benzene rings is 2. The summed E-state index contributed by atoms with van der Waals surface area (Å²) in [5.41, 5.74) is 10.8. The van der Waals surface area contributed by atoms with Crippen LogP contribution in [0.2, 0.25) is 0 Å². The normalized spacial score (nSPS) is 14.5. The van der Waals surface area contributed by atoms with E-state index in [1.165, 1.54) is 23.4 Å². The number of non-ortho nitro benzene ring substituents is 1. The van der Waals surface area contributed by atoms with Crippen LogP contribution < -0.4 is 5.73 Å². The molecule has 10 nitrogen and oxygen atoms in total. The van der Waals surface area contributed by atoms with Crippen LogP contribution in [0.4, 0.5) is 11.4 Å². The van der Waals surface area contributed by atoms with Crippen LogP contribution in [0.15, 0.2) is 71.5 Å². The van der Waals surface area contributed by atoms with Crippen LogP contribution in [0, 0.1) is 16.0 Å². The van der Waals surface area contributed by atoms with Crippen LogP contribution in [0.3, 0.4) is 0 Å². The van der Waals surface area contributed by atoms with Gasteiger partial charge in [-0.25, -0.2) is 10.1 Å². The molecule has 2 N–H and O–H groups in total. The lowest BCUT2D eigenvalue weighted by Crippen LogP contribution is -2.35. The predicted molar refractivity (Wildman–Crippen MR) is 141 cm³/mol. The molecule has 0 saturated heterocycles. The van der Waals surface area contributed by atoms with E-state index in [0.29, 0.717) is 40.7 Å². The number of nitrogens with two attached hydrogens (primary N) is 1. The van der Waals surface area contributed by atoms with E-state index in [4.69, 9.17) is 10.6 Å². The molecule has 2 heterocycles. The number of hydrogen-bond donors (Lipinski definition) is 1. The SMILES string of the molecule is NC1=Nc2cc(-c3cncc(C=O)c3)ccc2C=C(C(=O)N(CC2CC2)OCc2ccc([N+](=O)[O-])cc2)C1. The number of nitro groups is 1. The Hall–Kier alpha value is -4.70. The van der Waals surface area contributed by atoms with Gasteiger partial charge in [0.25, 0.3) is 11.6 Å². The molecule has 1 aliphatic heterocycles. The van der Waals surface area contributed by atoms with E-state index >= 15 is 0 Å². The Labute approximate surface area is 218 Å². The Bertz CT molecular complexity index is 1460. The van der Waals surface area contributed by atoms with Crippen molar-refractivity contribution in [1.29, 1.82) is 0 Å². The maximum Gasteiger partial charge on any atom is 0.273 e. The summed E-state index contributed by atoms with van der Waals surface area (Å²) >= 11 is 0. The van der Waals surface area contributed by atoms with Gasteiger partial charge in [-0.05, 0) is 60.2 Å². The van der Waals surface area contributed by atoms with Gasteiger partial charge in [-0.3, -0.25) is 29.5 Å². The molecule has 1 aliphatic carbocycles. The van der Waals surface area contributed by atoms with Gasteiger partial charge in [-0.2, -0.15) is 0 Å². The molecule has 5 rings (SSSR count). The second-order valence-electron chi connectivity index (χ2n) is 9.35. The van der Waals surface area contributed by atoms with E-state index in [1.807, 2.05) is 18.2 Å². The first-order valence-corrected chi connectivity index (χ1v) is 12.2. The maximum absolute atomic E-state index is 13.6. The summed E-state index contributed by atoms with van der Waals surface area (Å²) in [6.07, 6.45) is 7.90. The Balaban J connectivity index is 1.38. The van der Waals surface area contributed by atoms with Crippen molar-refractivity contribution < 1.29 is 19.3 Å². The first-order valence-electron chi connectivity index (χ1n) is 12.2. The van der Waals surface area contributed by atoms with Crippen LogP contribution in [-0.2, 0) is 16.2 Å². The van der Waals surface area contributed by atoms with E-state index in [-0.39, 0.29) is 24.6 Å². The molecule has 2 aromatic carbocycles. The second-order valence-corrected chi connectivity index (χ2v) is 9.35. The van der Waals surface area contributed by atoms with Gasteiger partial charge in [-0.15, -0.1) is 0 Å². The Morgan fingerprint density at radius 3 is 2.63 bits per heavy atom. The van der Waals surface area contributed by atoms with Gasteiger partial charge in [0.2, 0.25) is 0 Å². The van der Waals surface area contributed by atoms with Crippen LogP contribution in [0.1, 0.15) is 40.7 Å². The largest absolute Gasteiger partial charge is 0.387 e. The third-order valence-electron chi connectivity index (χ3n) is 6.38. The summed E-state index contributed by atoms with van der Waals surface area (Å²) in [5.74, 6) is 0.373. The molecule has 192 valence electrons. The summed E-state index contributed by atoms with van der Waals surface area (Å²) in [5, 5.41) is 12.3. The number of amidine groups is 1. The Morgan fingerprint density at radius 2 is 1.92 bits per heavy atom. The van der Waals surface area contributed by atoms with Crippen LogP contribution in [0.25, 0.3) is 17.2 Å². The number of hydroxylamine groups is 2. The third kappa shape index (κ3) is 5.81. The van der Waals surface area contributed by atoms with Gasteiger partial charge < -0.3 is 5.73 Å². The van der Waals surface area contributed by atoms with Crippen LogP contribution in [0.5, 0.6) is 0 Å². The number of aldehydes is 1. The first kappa shape index (κ1) is 25.0. The molecular weight excluding hydrogens is 486 g/mol. The second kappa shape index (κ2) is 10.7. The molecule has 0 atom stereocenters. The average Bonchev–Trinajstić information content (AvgIpc) is 3.76. The standard InChI is InChI=1S/C28H25N5O5/c29-27-12-23(10-22-6-5-21(11-26(22)31-27)24-9-20(16-34)13-30-14-24)28(35)32(15-18-1-2-18)38-17-19-3-7-25(8-4-19)33(36)37/h3-11,13-14,16,18H,1-2,12,15,17H2,(H2,29,31). The lowest BCUT2D eigenvalue weighted by molar-refractivity contribution is -0.384. The summed E-state index contributed by atoms with van der Waals surface area (Å²) in [6, 6.07) is 13.4. The minimum atomic E-state index is -0.460. The van der Waals surface area contributed by atoms with Crippen molar-refractivity contribution in [3.05, 3.63) is 93.3 Å². The lowest BCUT2D eigenvalue weighted by Gasteiger charge is -2.23. The molecule has 1 aromatic heterocycles. The van der Waals surface area contributed by atoms with Gasteiger partial charge in [0, 0.05) is 53.2 Å². The maximum atomic E-state index is 13.6. The van der Waals surface area contributed by atoms with Crippen molar-refractivity contribution in [3.8, 4) is 11.1 Å². The number of carbonyl (C=O) groups excluding carboxylic acids is 2. The molecule has 10 heteroatoms. The molecule has 3 aromatic rings. The fourth-order valence-electron chi connectivity index (χ4n) is 4.14.